The van der Waals surface area contributed by atoms with E-state index in [1.807, 2.05) is 18.4 Å². The zero-order valence-corrected chi connectivity index (χ0v) is 13.2. The maximum Gasteiger partial charge on any atom is 0.244 e. The van der Waals surface area contributed by atoms with E-state index in [0.717, 1.165) is 31.4 Å². The molecule has 0 amide bonds. The van der Waals surface area contributed by atoms with E-state index in [1.54, 1.807) is 16.6 Å². The normalized spacial score (nSPS) is 16.0. The maximum absolute atomic E-state index is 12.7. The van der Waals surface area contributed by atoms with Gasteiger partial charge in [0.25, 0.3) is 0 Å². The molecule has 0 radical (unpaired) electrons. The number of hydrogen-bond donors (Lipinski definition) is 1. The Hall–Kier alpha value is -0.850. The molecule has 0 atom stereocenters. The van der Waals surface area contributed by atoms with Crippen molar-refractivity contribution in [3.05, 3.63) is 18.0 Å². The molecule has 0 bridgehead atoms. The summed E-state index contributed by atoms with van der Waals surface area (Å²) in [5.41, 5.74) is 6.65. The lowest BCUT2D eigenvalue weighted by molar-refractivity contribution is 0.410. The summed E-state index contributed by atoms with van der Waals surface area (Å²) in [5, 5.41) is 0. The molecule has 2 rings (SSSR count). The molecule has 0 saturated heterocycles. The highest BCUT2D eigenvalue weighted by atomic mass is 32.2. The number of nitrogens with zero attached hydrogens (tertiary/aromatic N) is 2. The van der Waals surface area contributed by atoms with Crippen molar-refractivity contribution >= 4 is 10.0 Å². The molecule has 1 saturated carbocycles. The summed E-state index contributed by atoms with van der Waals surface area (Å²) < 4.78 is 29.0. The summed E-state index contributed by atoms with van der Waals surface area (Å²) in [6, 6.07) is 2.19. The molecule has 0 aromatic carbocycles. The zero-order chi connectivity index (χ0) is 14.8. The van der Waals surface area contributed by atoms with Gasteiger partial charge in [0.2, 0.25) is 10.0 Å². The number of nitrogens with two attached hydrogens (primary N) is 1. The molecule has 1 fully saturated rings. The van der Waals surface area contributed by atoms with Crippen LogP contribution >= 0.6 is 0 Å². The summed E-state index contributed by atoms with van der Waals surface area (Å²) >= 11 is 0. The summed E-state index contributed by atoms with van der Waals surface area (Å²) in [6.07, 6.45) is 5.66. The van der Waals surface area contributed by atoms with Crippen LogP contribution in [0.3, 0.4) is 0 Å². The van der Waals surface area contributed by atoms with Crippen LogP contribution in [-0.4, -0.2) is 30.4 Å². The first-order valence-electron chi connectivity index (χ1n) is 7.45. The van der Waals surface area contributed by atoms with Gasteiger partial charge in [-0.1, -0.05) is 13.8 Å². The van der Waals surface area contributed by atoms with Gasteiger partial charge in [-0.25, -0.2) is 8.42 Å². The average molecular weight is 299 g/mol. The monoisotopic (exact) mass is 299 g/mol. The molecule has 1 aliphatic carbocycles. The topological polar surface area (TPSA) is 68.3 Å². The Balaban J connectivity index is 2.32. The van der Waals surface area contributed by atoms with Crippen molar-refractivity contribution in [3.63, 3.8) is 0 Å². The zero-order valence-electron chi connectivity index (χ0n) is 12.4. The Morgan fingerprint density at radius 2 is 1.90 bits per heavy atom. The molecule has 1 aromatic heterocycles. The lowest BCUT2D eigenvalue weighted by atomic mass is 10.4. The van der Waals surface area contributed by atoms with E-state index in [9.17, 15) is 8.42 Å². The first-order chi connectivity index (χ1) is 9.54. The van der Waals surface area contributed by atoms with Gasteiger partial charge in [-0.2, -0.15) is 4.31 Å². The molecule has 0 unspecified atom stereocenters. The SMILES string of the molecule is CCCN(CCC)S(=O)(=O)c1cc(CN)n(C2CC2)c1. The molecule has 0 aliphatic heterocycles. The van der Waals surface area contributed by atoms with Crippen LogP contribution in [0, 0.1) is 0 Å². The fourth-order valence-corrected chi connectivity index (χ4v) is 4.17. The Bertz CT molecular complexity index is 541. The Morgan fingerprint density at radius 1 is 1.30 bits per heavy atom. The lowest BCUT2D eigenvalue weighted by Crippen LogP contribution is -2.32. The van der Waals surface area contributed by atoms with Crippen molar-refractivity contribution < 1.29 is 8.42 Å². The largest absolute Gasteiger partial charge is 0.346 e. The minimum Gasteiger partial charge on any atom is -0.346 e. The van der Waals surface area contributed by atoms with Crippen molar-refractivity contribution in [1.82, 2.24) is 8.87 Å². The number of aromatic nitrogens is 1. The van der Waals surface area contributed by atoms with Crippen LogP contribution < -0.4 is 5.73 Å². The van der Waals surface area contributed by atoms with Crippen molar-refractivity contribution in [2.45, 2.75) is 57.0 Å². The number of hydrogen-bond acceptors (Lipinski definition) is 3. The minimum absolute atomic E-state index is 0.383. The van der Waals surface area contributed by atoms with Gasteiger partial charge in [-0.15, -0.1) is 0 Å². The van der Waals surface area contributed by atoms with E-state index in [0.29, 0.717) is 30.6 Å². The predicted molar refractivity (Wildman–Crippen MR) is 79.9 cm³/mol. The van der Waals surface area contributed by atoms with Gasteiger partial charge < -0.3 is 10.3 Å². The highest BCUT2D eigenvalue weighted by Gasteiger charge is 2.30. The summed E-state index contributed by atoms with van der Waals surface area (Å²) in [4.78, 5) is 0.395. The number of sulfonamides is 1. The first kappa shape index (κ1) is 15.5. The van der Waals surface area contributed by atoms with Crippen LogP contribution in [0.5, 0.6) is 0 Å². The second-order valence-electron chi connectivity index (χ2n) is 5.41. The molecule has 6 heteroatoms. The van der Waals surface area contributed by atoms with E-state index >= 15 is 0 Å². The van der Waals surface area contributed by atoms with Crippen LogP contribution in [-0.2, 0) is 16.6 Å². The molecule has 5 nitrogen and oxygen atoms in total. The molecule has 1 aromatic rings. The highest BCUT2D eigenvalue weighted by Crippen LogP contribution is 2.37. The van der Waals surface area contributed by atoms with Crippen molar-refractivity contribution in [3.8, 4) is 0 Å². The Kier molecular flexibility index (Phi) is 4.88. The highest BCUT2D eigenvalue weighted by molar-refractivity contribution is 7.89. The van der Waals surface area contributed by atoms with E-state index in [1.165, 1.54) is 0 Å². The van der Waals surface area contributed by atoms with Gasteiger partial charge in [0.05, 0.1) is 0 Å². The summed E-state index contributed by atoms with van der Waals surface area (Å²) in [7, 11) is -3.39. The van der Waals surface area contributed by atoms with E-state index in [4.69, 9.17) is 5.73 Å². The van der Waals surface area contributed by atoms with E-state index < -0.39 is 10.0 Å². The average Bonchev–Trinajstić information content (AvgIpc) is 3.17. The van der Waals surface area contributed by atoms with Crippen molar-refractivity contribution in [1.29, 1.82) is 0 Å². The van der Waals surface area contributed by atoms with Gasteiger partial charge in [0.1, 0.15) is 4.90 Å². The third-order valence-corrected chi connectivity index (χ3v) is 5.50. The quantitative estimate of drug-likeness (QED) is 0.799. The van der Waals surface area contributed by atoms with Crippen molar-refractivity contribution in [2.75, 3.05) is 13.1 Å². The molecular weight excluding hydrogens is 274 g/mol. The van der Waals surface area contributed by atoms with Gasteiger partial charge >= 0.3 is 0 Å². The van der Waals surface area contributed by atoms with Crippen LogP contribution in [0.4, 0.5) is 0 Å². The third kappa shape index (κ3) is 3.07. The fourth-order valence-electron chi connectivity index (χ4n) is 2.49. The smallest absolute Gasteiger partial charge is 0.244 e. The van der Waals surface area contributed by atoms with Gasteiger partial charge in [0.15, 0.2) is 0 Å². The second-order valence-corrected chi connectivity index (χ2v) is 7.35. The molecule has 0 spiro atoms. The van der Waals surface area contributed by atoms with E-state index in [2.05, 4.69) is 0 Å². The van der Waals surface area contributed by atoms with Crippen LogP contribution in [0.1, 0.15) is 51.3 Å². The van der Waals surface area contributed by atoms with Crippen LogP contribution in [0.2, 0.25) is 0 Å². The standard InChI is InChI=1S/C14H25N3O2S/c1-3-7-16(8-4-2)20(18,19)14-9-13(10-15)17(11-14)12-5-6-12/h9,11-12H,3-8,10,15H2,1-2H3. The van der Waals surface area contributed by atoms with Crippen molar-refractivity contribution in [2.24, 2.45) is 5.73 Å². The lowest BCUT2D eigenvalue weighted by Gasteiger charge is -2.20. The van der Waals surface area contributed by atoms with E-state index in [-0.39, 0.29) is 0 Å². The van der Waals surface area contributed by atoms with Gasteiger partial charge in [-0.3, -0.25) is 0 Å². The Labute approximate surface area is 121 Å². The summed E-state index contributed by atoms with van der Waals surface area (Å²) in [6.45, 7) is 5.52. The van der Waals surface area contributed by atoms with Gasteiger partial charge in [0, 0.05) is 37.6 Å². The predicted octanol–water partition coefficient (Wildman–Crippen LogP) is 2.09. The first-order valence-corrected chi connectivity index (χ1v) is 8.89. The molecule has 1 aliphatic rings. The fraction of sp³-hybridized carbons (Fsp3) is 0.714. The maximum atomic E-state index is 12.7. The second kappa shape index (κ2) is 6.28. The minimum atomic E-state index is -3.39. The third-order valence-electron chi connectivity index (χ3n) is 3.64. The summed E-state index contributed by atoms with van der Waals surface area (Å²) in [5.74, 6) is 0. The number of rotatable bonds is 8. The molecule has 2 N–H and O–H groups in total. The molecular formula is C14H25N3O2S. The molecule has 20 heavy (non-hydrogen) atoms. The van der Waals surface area contributed by atoms with Crippen LogP contribution in [0.15, 0.2) is 17.2 Å². The van der Waals surface area contributed by atoms with Gasteiger partial charge in [-0.05, 0) is 31.7 Å². The van der Waals surface area contributed by atoms with Crippen LogP contribution in [0.25, 0.3) is 0 Å². The Morgan fingerprint density at radius 3 is 2.35 bits per heavy atom. The molecule has 114 valence electrons. The molecule has 1 heterocycles.